The number of fused-ring (bicyclic) bond motifs is 1. The Labute approximate surface area is 216 Å². The van der Waals surface area contributed by atoms with Gasteiger partial charge in [-0.3, -0.25) is 9.36 Å². The van der Waals surface area contributed by atoms with Crippen molar-refractivity contribution >= 4 is 61.9 Å². The summed E-state index contributed by atoms with van der Waals surface area (Å²) in [5, 5.41) is 0. The van der Waals surface area contributed by atoms with Crippen molar-refractivity contribution in [2.45, 2.75) is 19.4 Å². The largest absolute Gasteiger partial charge is 0.494 e. The van der Waals surface area contributed by atoms with Crippen molar-refractivity contribution in [1.82, 2.24) is 4.57 Å². The molecule has 1 atom stereocenters. The third-order valence-electron chi connectivity index (χ3n) is 5.29. The molecule has 0 aliphatic carbocycles. The summed E-state index contributed by atoms with van der Waals surface area (Å²) in [7, 11) is 2.97. The number of hydrogen-bond acceptors (Lipinski definition) is 6. The number of hydrogen-bond donors (Lipinski definition) is 0. The van der Waals surface area contributed by atoms with E-state index in [9.17, 15) is 9.59 Å². The van der Waals surface area contributed by atoms with Crippen molar-refractivity contribution in [3.8, 4) is 5.75 Å². The maximum absolute atomic E-state index is 13.6. The molecule has 1 aromatic heterocycles. The number of methoxy groups -OCH3 is 2. The molecule has 0 saturated carbocycles. The number of allylic oxidation sites excluding steroid dienone is 1. The smallest absolute Gasteiger partial charge is 0.338 e. The number of esters is 1. The van der Waals surface area contributed by atoms with Crippen LogP contribution in [0.15, 0.2) is 68.0 Å². The molecule has 0 amide bonds. The minimum absolute atomic E-state index is 0.203. The number of thiazole rings is 1. The number of nitrogens with zero attached hydrogens (tertiary/aromatic N) is 2. The molecule has 170 valence electrons. The van der Waals surface area contributed by atoms with Crippen LogP contribution in [0.4, 0.5) is 0 Å². The average molecular weight is 639 g/mol. The van der Waals surface area contributed by atoms with Gasteiger partial charge in [0.2, 0.25) is 0 Å². The fourth-order valence-electron chi connectivity index (χ4n) is 3.82. The van der Waals surface area contributed by atoms with Crippen molar-refractivity contribution < 1.29 is 14.3 Å². The molecule has 33 heavy (non-hydrogen) atoms. The predicted molar refractivity (Wildman–Crippen MR) is 140 cm³/mol. The van der Waals surface area contributed by atoms with Crippen LogP contribution in [0.2, 0.25) is 0 Å². The summed E-state index contributed by atoms with van der Waals surface area (Å²) in [6.07, 6.45) is 2.38. The average Bonchev–Trinajstić information content (AvgIpc) is 3.12. The lowest BCUT2D eigenvalue weighted by atomic mass is 9.95. The zero-order valence-electron chi connectivity index (χ0n) is 18.1. The van der Waals surface area contributed by atoms with Crippen LogP contribution in [-0.2, 0) is 9.53 Å². The second-order valence-corrected chi connectivity index (χ2v) is 10.2. The van der Waals surface area contributed by atoms with Gasteiger partial charge in [-0.25, -0.2) is 9.79 Å². The van der Waals surface area contributed by atoms with Gasteiger partial charge < -0.3 is 9.47 Å². The van der Waals surface area contributed by atoms with Gasteiger partial charge in [0.15, 0.2) is 4.80 Å². The first-order valence-corrected chi connectivity index (χ1v) is 12.8. The van der Waals surface area contributed by atoms with E-state index in [0.717, 1.165) is 24.9 Å². The Balaban J connectivity index is 1.98. The maximum Gasteiger partial charge on any atom is 0.338 e. The summed E-state index contributed by atoms with van der Waals surface area (Å²) in [4.78, 5) is 31.7. The molecule has 0 spiro atoms. The van der Waals surface area contributed by atoms with Crippen LogP contribution < -0.4 is 19.6 Å². The molecule has 0 bridgehead atoms. The Hall–Kier alpha value is -2.24. The van der Waals surface area contributed by atoms with Gasteiger partial charge in [0.05, 0.1) is 44.1 Å². The lowest BCUT2D eigenvalue weighted by molar-refractivity contribution is -0.136. The first-order valence-electron chi connectivity index (χ1n) is 10.1. The van der Waals surface area contributed by atoms with E-state index >= 15 is 0 Å². The van der Waals surface area contributed by atoms with Crippen LogP contribution in [0.1, 0.15) is 30.5 Å². The Morgan fingerprint density at radius 1 is 1.27 bits per heavy atom. The van der Waals surface area contributed by atoms with E-state index in [4.69, 9.17) is 9.47 Å². The molecule has 0 fully saturated rings. The van der Waals surface area contributed by atoms with Crippen LogP contribution in [0.5, 0.6) is 5.75 Å². The van der Waals surface area contributed by atoms with Gasteiger partial charge in [-0.05, 0) is 74.3 Å². The summed E-state index contributed by atoms with van der Waals surface area (Å²) in [6, 6.07) is 12.8. The molecular formula is C24H20BrIN2O4S. The molecule has 0 saturated heterocycles. The lowest BCUT2D eigenvalue weighted by Gasteiger charge is -2.25. The van der Waals surface area contributed by atoms with E-state index in [0.29, 0.717) is 27.0 Å². The van der Waals surface area contributed by atoms with Crippen LogP contribution in [0.3, 0.4) is 0 Å². The molecule has 2 aromatic carbocycles. The quantitative estimate of drug-likeness (QED) is 0.311. The maximum atomic E-state index is 13.6. The minimum atomic E-state index is -0.602. The highest BCUT2D eigenvalue weighted by molar-refractivity contribution is 14.1. The molecular weight excluding hydrogens is 619 g/mol. The summed E-state index contributed by atoms with van der Waals surface area (Å²) < 4.78 is 14.3. The van der Waals surface area contributed by atoms with E-state index in [1.54, 1.807) is 11.7 Å². The van der Waals surface area contributed by atoms with Gasteiger partial charge in [0.25, 0.3) is 5.56 Å². The molecule has 0 N–H and O–H groups in total. The Morgan fingerprint density at radius 3 is 2.61 bits per heavy atom. The molecule has 1 aliphatic rings. The highest BCUT2D eigenvalue weighted by atomic mass is 127. The lowest BCUT2D eigenvalue weighted by Crippen LogP contribution is -2.40. The molecule has 1 aliphatic heterocycles. The number of halogens is 2. The van der Waals surface area contributed by atoms with Crippen molar-refractivity contribution in [3.05, 3.63) is 92.6 Å². The van der Waals surface area contributed by atoms with Crippen molar-refractivity contribution in [3.63, 3.8) is 0 Å². The standard InChI is InChI=1S/C24H20BrIN2O4S/c1-4-17-19(23(30)32-3)20(14-8-6-5-7-9-14)28-22(29)18(33-24(28)27-17)12-13-10-15(25)21(31-2)16(26)11-13/h5-12,20H,4H2,1-3H3/b18-12-/t20-/m1/s1. The number of rotatable bonds is 5. The second kappa shape index (κ2) is 9.94. The molecule has 6 nitrogen and oxygen atoms in total. The Morgan fingerprint density at radius 2 is 2.00 bits per heavy atom. The van der Waals surface area contributed by atoms with Crippen LogP contribution in [0, 0.1) is 3.57 Å². The molecule has 0 radical (unpaired) electrons. The summed E-state index contributed by atoms with van der Waals surface area (Å²) >= 11 is 7.04. The molecule has 4 rings (SSSR count). The van der Waals surface area contributed by atoms with Gasteiger partial charge in [0, 0.05) is 0 Å². The summed E-state index contributed by atoms with van der Waals surface area (Å²) in [5.41, 5.74) is 2.51. The van der Waals surface area contributed by atoms with Crippen molar-refractivity contribution in [1.29, 1.82) is 0 Å². The molecule has 2 heterocycles. The zero-order chi connectivity index (χ0) is 23.7. The van der Waals surface area contributed by atoms with Crippen LogP contribution >= 0.6 is 49.9 Å². The second-order valence-electron chi connectivity index (χ2n) is 7.22. The highest BCUT2D eigenvalue weighted by Gasteiger charge is 2.33. The molecule has 3 aromatic rings. The molecule has 9 heteroatoms. The number of carbonyl (C=O) groups is 1. The predicted octanol–water partition coefficient (Wildman–Crippen LogP) is 4.17. The van der Waals surface area contributed by atoms with E-state index in [1.165, 1.54) is 18.4 Å². The number of benzene rings is 2. The van der Waals surface area contributed by atoms with E-state index in [-0.39, 0.29) is 5.56 Å². The fourth-order valence-corrected chi connectivity index (χ4v) is 6.72. The zero-order valence-corrected chi connectivity index (χ0v) is 22.7. The molecule has 0 unspecified atom stereocenters. The number of carbonyl (C=O) groups excluding carboxylic acids is 1. The van der Waals surface area contributed by atoms with E-state index < -0.39 is 12.0 Å². The SMILES string of the molecule is CCC1=C(C(=O)OC)[C@@H](c2ccccc2)n2c(s/c(=C\c3cc(Br)c(OC)c(I)c3)c2=O)=N1. The fraction of sp³-hybridized carbons (Fsp3) is 0.208. The Kier molecular flexibility index (Phi) is 7.20. The monoisotopic (exact) mass is 638 g/mol. The van der Waals surface area contributed by atoms with E-state index in [2.05, 4.69) is 43.5 Å². The first kappa shape index (κ1) is 23.9. The van der Waals surface area contributed by atoms with Gasteiger partial charge in [-0.1, -0.05) is 48.6 Å². The summed E-state index contributed by atoms with van der Waals surface area (Å²) in [5.74, 6) is 0.265. The topological polar surface area (TPSA) is 69.9 Å². The number of ether oxygens (including phenoxy) is 2. The van der Waals surface area contributed by atoms with Crippen LogP contribution in [-0.4, -0.2) is 24.8 Å². The van der Waals surface area contributed by atoms with Crippen molar-refractivity contribution in [2.24, 2.45) is 4.99 Å². The Bertz CT molecular complexity index is 1420. The van der Waals surface area contributed by atoms with Gasteiger partial charge >= 0.3 is 5.97 Å². The van der Waals surface area contributed by atoms with Gasteiger partial charge in [-0.2, -0.15) is 0 Å². The highest BCUT2D eigenvalue weighted by Crippen LogP contribution is 2.33. The third-order valence-corrected chi connectivity index (χ3v) is 7.66. The van der Waals surface area contributed by atoms with Gasteiger partial charge in [-0.15, -0.1) is 0 Å². The summed E-state index contributed by atoms with van der Waals surface area (Å²) in [6.45, 7) is 1.94. The van der Waals surface area contributed by atoms with E-state index in [1.807, 2.05) is 55.5 Å². The normalized spacial score (nSPS) is 15.8. The van der Waals surface area contributed by atoms with Crippen molar-refractivity contribution in [2.75, 3.05) is 14.2 Å². The number of aromatic nitrogens is 1. The van der Waals surface area contributed by atoms with Crippen LogP contribution in [0.25, 0.3) is 6.08 Å². The first-order chi connectivity index (χ1) is 15.9. The van der Waals surface area contributed by atoms with Gasteiger partial charge in [0.1, 0.15) is 5.75 Å². The third kappa shape index (κ3) is 4.45. The minimum Gasteiger partial charge on any atom is -0.494 e.